The second-order valence-electron chi connectivity index (χ2n) is 5.07. The average Bonchev–Trinajstić information content (AvgIpc) is 2.56. The lowest BCUT2D eigenvalue weighted by molar-refractivity contribution is 0.0302. The first-order chi connectivity index (χ1) is 10.8. The van der Waals surface area contributed by atoms with Gasteiger partial charge in [-0.3, -0.25) is 0 Å². The fourth-order valence-corrected chi connectivity index (χ4v) is 2.03. The highest BCUT2D eigenvalue weighted by atomic mass is 16.5. The van der Waals surface area contributed by atoms with E-state index in [2.05, 4.69) is 0 Å². The molecule has 0 aromatic heterocycles. The van der Waals surface area contributed by atoms with Crippen molar-refractivity contribution in [2.45, 2.75) is 19.1 Å². The van der Waals surface area contributed by atoms with Crippen LogP contribution in [0.5, 0.6) is 5.75 Å². The van der Waals surface area contributed by atoms with Gasteiger partial charge >= 0.3 is 0 Å². The van der Waals surface area contributed by atoms with E-state index in [1.165, 1.54) is 0 Å². The maximum absolute atomic E-state index is 9.89. The Hall–Kier alpha value is -2.10. The van der Waals surface area contributed by atoms with Crippen LogP contribution in [0.25, 0.3) is 6.08 Å². The minimum Gasteiger partial charge on any atom is -0.497 e. The number of hydrogen-bond acceptors (Lipinski definition) is 3. The molecule has 3 nitrogen and oxygen atoms in total. The summed E-state index contributed by atoms with van der Waals surface area (Å²) in [5.74, 6) is 0.829. The quantitative estimate of drug-likeness (QED) is 0.808. The zero-order chi connectivity index (χ0) is 15.6. The van der Waals surface area contributed by atoms with Crippen LogP contribution in [0.1, 0.15) is 17.5 Å². The van der Waals surface area contributed by atoms with Gasteiger partial charge in [0, 0.05) is 0 Å². The monoisotopic (exact) mass is 298 g/mol. The van der Waals surface area contributed by atoms with Crippen LogP contribution in [0.15, 0.2) is 60.7 Å². The fraction of sp³-hybridized carbons (Fsp3) is 0.263. The summed E-state index contributed by atoms with van der Waals surface area (Å²) >= 11 is 0. The Labute approximate surface area is 131 Å². The van der Waals surface area contributed by atoms with Crippen LogP contribution in [0, 0.1) is 0 Å². The predicted octanol–water partition coefficient (Wildman–Crippen LogP) is 3.68. The number of aliphatic hydroxyl groups excluding tert-OH is 1. The molecule has 0 saturated carbocycles. The molecule has 1 N–H and O–H groups in total. The lowest BCUT2D eigenvalue weighted by Gasteiger charge is -2.09. The molecule has 116 valence electrons. The summed E-state index contributed by atoms with van der Waals surface area (Å²) in [5.41, 5.74) is 2.20. The van der Waals surface area contributed by atoms with Crippen molar-refractivity contribution in [3.8, 4) is 5.75 Å². The molecule has 0 fully saturated rings. The van der Waals surface area contributed by atoms with Crippen LogP contribution >= 0.6 is 0 Å². The maximum atomic E-state index is 9.89. The molecule has 3 heteroatoms. The smallest absolute Gasteiger partial charge is 0.118 e. The number of hydrogen-bond donors (Lipinski definition) is 1. The van der Waals surface area contributed by atoms with Crippen molar-refractivity contribution in [3.05, 3.63) is 71.8 Å². The van der Waals surface area contributed by atoms with Gasteiger partial charge in [-0.05, 0) is 29.7 Å². The van der Waals surface area contributed by atoms with E-state index in [0.717, 1.165) is 16.9 Å². The summed E-state index contributed by atoms with van der Waals surface area (Å²) < 4.78 is 10.6. The van der Waals surface area contributed by atoms with Gasteiger partial charge in [-0.15, -0.1) is 0 Å². The van der Waals surface area contributed by atoms with E-state index in [-0.39, 0.29) is 0 Å². The van der Waals surface area contributed by atoms with Crippen molar-refractivity contribution in [2.75, 3.05) is 13.7 Å². The third kappa shape index (κ3) is 5.72. The molecule has 0 saturated heterocycles. The van der Waals surface area contributed by atoms with Gasteiger partial charge in [0.25, 0.3) is 0 Å². The van der Waals surface area contributed by atoms with Crippen LogP contribution in [-0.2, 0) is 11.3 Å². The molecule has 2 aromatic carbocycles. The van der Waals surface area contributed by atoms with Crippen molar-refractivity contribution in [1.82, 2.24) is 0 Å². The minimum atomic E-state index is -0.488. The van der Waals surface area contributed by atoms with Gasteiger partial charge in [0.15, 0.2) is 0 Å². The molecular formula is C19H22O3. The zero-order valence-corrected chi connectivity index (χ0v) is 12.8. The van der Waals surface area contributed by atoms with Gasteiger partial charge in [0.05, 0.1) is 26.4 Å². The molecule has 0 aliphatic rings. The molecule has 1 atom stereocenters. The predicted molar refractivity (Wildman–Crippen MR) is 88.7 cm³/mol. The van der Waals surface area contributed by atoms with Gasteiger partial charge in [0.1, 0.15) is 5.75 Å². The summed E-state index contributed by atoms with van der Waals surface area (Å²) in [6, 6.07) is 17.8. The summed E-state index contributed by atoms with van der Waals surface area (Å²) in [7, 11) is 1.64. The zero-order valence-electron chi connectivity index (χ0n) is 12.8. The van der Waals surface area contributed by atoms with Gasteiger partial charge in [0.2, 0.25) is 0 Å². The summed E-state index contributed by atoms with van der Waals surface area (Å²) in [6.45, 7) is 0.814. The molecule has 0 spiro atoms. The Morgan fingerprint density at radius 3 is 2.45 bits per heavy atom. The largest absolute Gasteiger partial charge is 0.497 e. The van der Waals surface area contributed by atoms with Crippen molar-refractivity contribution in [2.24, 2.45) is 0 Å². The topological polar surface area (TPSA) is 38.7 Å². The van der Waals surface area contributed by atoms with Crippen LogP contribution in [0.3, 0.4) is 0 Å². The number of methoxy groups -OCH3 is 1. The number of ether oxygens (including phenoxy) is 2. The summed E-state index contributed by atoms with van der Waals surface area (Å²) in [6.07, 6.45) is 4.07. The number of benzene rings is 2. The van der Waals surface area contributed by atoms with E-state index in [9.17, 15) is 5.11 Å². The lowest BCUT2D eigenvalue weighted by Crippen LogP contribution is -2.14. The minimum absolute atomic E-state index is 0.325. The molecule has 2 aromatic rings. The van der Waals surface area contributed by atoms with Crippen LogP contribution in [0.2, 0.25) is 0 Å². The molecule has 0 heterocycles. The lowest BCUT2D eigenvalue weighted by atomic mass is 10.2. The Bertz CT molecular complexity index is 561. The molecular weight excluding hydrogens is 276 g/mol. The Kier molecular flexibility index (Phi) is 6.68. The third-order valence-electron chi connectivity index (χ3n) is 3.26. The van der Waals surface area contributed by atoms with E-state index in [4.69, 9.17) is 9.47 Å². The van der Waals surface area contributed by atoms with Gasteiger partial charge in [-0.2, -0.15) is 0 Å². The van der Waals surface area contributed by atoms with Crippen LogP contribution < -0.4 is 4.74 Å². The molecule has 2 rings (SSSR count). The Morgan fingerprint density at radius 1 is 1.05 bits per heavy atom. The molecule has 0 bridgehead atoms. The maximum Gasteiger partial charge on any atom is 0.118 e. The normalized spacial score (nSPS) is 12.5. The first-order valence-electron chi connectivity index (χ1n) is 7.38. The van der Waals surface area contributed by atoms with E-state index in [1.54, 1.807) is 7.11 Å². The number of aliphatic hydroxyl groups is 1. The molecule has 0 aliphatic carbocycles. The molecule has 0 amide bonds. The summed E-state index contributed by atoms with van der Waals surface area (Å²) in [4.78, 5) is 0. The highest BCUT2D eigenvalue weighted by Crippen LogP contribution is 2.12. The van der Waals surface area contributed by atoms with E-state index >= 15 is 0 Å². The second-order valence-corrected chi connectivity index (χ2v) is 5.07. The van der Waals surface area contributed by atoms with Crippen LogP contribution in [-0.4, -0.2) is 24.9 Å². The first-order valence-corrected chi connectivity index (χ1v) is 7.38. The molecule has 0 unspecified atom stereocenters. The SMILES string of the molecule is COc1ccc(COC[C@H](O)C/C=C/c2ccccc2)cc1. The number of rotatable bonds is 8. The molecule has 0 radical (unpaired) electrons. The molecule has 0 aliphatic heterocycles. The van der Waals surface area contributed by atoms with Crippen molar-refractivity contribution >= 4 is 6.08 Å². The standard InChI is InChI=1S/C19H22O3/c1-21-19-12-10-17(11-13-19)14-22-15-18(20)9-5-8-16-6-3-2-4-7-16/h2-8,10-13,18,20H,9,14-15H2,1H3/b8-5+/t18-/m1/s1. The fourth-order valence-electron chi connectivity index (χ4n) is 2.03. The average molecular weight is 298 g/mol. The van der Waals surface area contributed by atoms with Gasteiger partial charge < -0.3 is 14.6 Å². The van der Waals surface area contributed by atoms with Crippen molar-refractivity contribution in [3.63, 3.8) is 0 Å². The Morgan fingerprint density at radius 2 is 1.77 bits per heavy atom. The van der Waals surface area contributed by atoms with Crippen molar-refractivity contribution < 1.29 is 14.6 Å². The van der Waals surface area contributed by atoms with Gasteiger partial charge in [-0.25, -0.2) is 0 Å². The van der Waals surface area contributed by atoms with Crippen molar-refractivity contribution in [1.29, 1.82) is 0 Å². The second kappa shape index (κ2) is 9.03. The first kappa shape index (κ1) is 16.3. The van der Waals surface area contributed by atoms with E-state index in [1.807, 2.05) is 66.7 Å². The Balaban J connectivity index is 1.67. The van der Waals surface area contributed by atoms with E-state index in [0.29, 0.717) is 19.6 Å². The highest BCUT2D eigenvalue weighted by molar-refractivity contribution is 5.48. The van der Waals surface area contributed by atoms with Crippen LogP contribution in [0.4, 0.5) is 0 Å². The summed E-state index contributed by atoms with van der Waals surface area (Å²) in [5, 5.41) is 9.89. The van der Waals surface area contributed by atoms with Gasteiger partial charge in [-0.1, -0.05) is 54.6 Å². The third-order valence-corrected chi connectivity index (χ3v) is 3.26. The van der Waals surface area contributed by atoms with E-state index < -0.39 is 6.10 Å². The molecule has 22 heavy (non-hydrogen) atoms. The highest BCUT2D eigenvalue weighted by Gasteiger charge is 2.02.